The zero-order valence-corrected chi connectivity index (χ0v) is 47.9. The smallest absolute Gasteiger partial charge is 0.343 e. The third kappa shape index (κ3) is 16.0. The van der Waals surface area contributed by atoms with Gasteiger partial charge in [0.25, 0.3) is 5.56 Å². The van der Waals surface area contributed by atoms with Gasteiger partial charge in [0.2, 0.25) is 53.2 Å². The second-order valence-corrected chi connectivity index (χ2v) is 21.4. The van der Waals surface area contributed by atoms with Crippen LogP contribution >= 0.6 is 0 Å². The van der Waals surface area contributed by atoms with Crippen molar-refractivity contribution in [3.63, 3.8) is 0 Å². The van der Waals surface area contributed by atoms with E-state index in [1.807, 2.05) is 0 Å². The number of pyridine rings is 1. The van der Waals surface area contributed by atoms with Crippen LogP contribution in [-0.4, -0.2) is 173 Å². The Morgan fingerprint density at radius 2 is 1.63 bits per heavy atom. The van der Waals surface area contributed by atoms with Crippen molar-refractivity contribution in [1.29, 1.82) is 5.41 Å². The van der Waals surface area contributed by atoms with E-state index < -0.39 is 170 Å². The van der Waals surface area contributed by atoms with Crippen molar-refractivity contribution in [3.8, 4) is 0 Å². The number of fused-ring (bicyclic) bond motifs is 3. The molecule has 0 bridgehead atoms. The lowest BCUT2D eigenvalue weighted by molar-refractivity contribution is -0.172. The van der Waals surface area contributed by atoms with Crippen molar-refractivity contribution < 1.29 is 86.7 Å². The van der Waals surface area contributed by atoms with E-state index in [1.54, 1.807) is 33.8 Å². The minimum Gasteiger partial charge on any atom is -0.458 e. The van der Waals surface area contributed by atoms with E-state index in [0.29, 0.717) is 40.5 Å². The molecule has 0 spiro atoms. The van der Waals surface area contributed by atoms with E-state index in [2.05, 4.69) is 42.5 Å². The number of aromatic nitrogens is 1. The number of aliphatic hydroxyl groups excluding tert-OH is 2. The van der Waals surface area contributed by atoms with Crippen LogP contribution in [-0.2, 0) is 92.1 Å². The first kappa shape index (κ1) is 66.6. The second-order valence-electron chi connectivity index (χ2n) is 21.4. The Labute approximate surface area is 491 Å². The minimum atomic E-state index is -2.11. The van der Waals surface area contributed by atoms with Gasteiger partial charge in [-0.15, -0.1) is 0 Å². The number of aldehydes is 1. The van der Waals surface area contributed by atoms with Gasteiger partial charge in [0.1, 0.15) is 68.5 Å². The molecule has 1 aliphatic carbocycles. The summed E-state index contributed by atoms with van der Waals surface area (Å²) in [5, 5.41) is 61.3. The normalized spacial score (nSPS) is 22.2. The Morgan fingerprint density at radius 3 is 2.31 bits per heavy atom. The van der Waals surface area contributed by atoms with E-state index in [9.17, 15) is 82.7 Å². The first-order valence-electron chi connectivity index (χ1n) is 27.8. The predicted molar refractivity (Wildman–Crippen MR) is 298 cm³/mol. The van der Waals surface area contributed by atoms with Crippen molar-refractivity contribution in [3.05, 3.63) is 85.6 Å². The number of amides is 9. The van der Waals surface area contributed by atoms with E-state index in [4.69, 9.17) is 19.9 Å². The van der Waals surface area contributed by atoms with Crippen LogP contribution in [0, 0.1) is 24.1 Å². The molecule has 0 radical (unpaired) electrons. The van der Waals surface area contributed by atoms with Gasteiger partial charge in [0, 0.05) is 43.1 Å². The number of ether oxygens (including phenoxy) is 3. The largest absolute Gasteiger partial charge is 0.458 e. The van der Waals surface area contributed by atoms with Gasteiger partial charge >= 0.3 is 5.97 Å². The Morgan fingerprint density at radius 1 is 0.907 bits per heavy atom. The molecule has 4 heterocycles. The molecule has 14 N–H and O–H groups in total. The lowest BCUT2D eigenvalue weighted by atomic mass is 9.78. The minimum absolute atomic E-state index is 0.0425. The number of hydrogen-bond donors (Lipinski definition) is 13. The number of nitrogens with one attached hydrogen (secondary N) is 9. The van der Waals surface area contributed by atoms with Crippen molar-refractivity contribution >= 4 is 76.7 Å². The molecule has 1 saturated heterocycles. The molecule has 0 saturated carbocycles. The SMILES string of the molecule is CC[C@@]1(O)C(=O)OCc2c1cc1n(c2=O)C/C(=C2/c3ccc(F)c(C)c3CC[C@@H]2NC(=O)COCNC(=O)[C@H](C)NC(=O)[C@@H](NC(=O)[C@H](CCC(=O)NC[C@H]2O[C@@H](CC(N)=O)[C@H](O)[C@@H]2O)NC(=O)CCNC(=O)CNC(=O)/C=C\C=O)C(C)C)C1=N. The molecule has 30 heteroatoms. The Hall–Kier alpha value is -8.58. The fourth-order valence-corrected chi connectivity index (χ4v) is 10.3. The molecule has 86 heavy (non-hydrogen) atoms. The average molecular weight is 1210 g/mol. The number of primary amides is 1. The quantitative estimate of drug-likeness (QED) is 0.0134. The molecular formula is C56H72FN11O18. The molecule has 3 aliphatic heterocycles. The van der Waals surface area contributed by atoms with Crippen LogP contribution < -0.4 is 53.8 Å². The lowest BCUT2D eigenvalue weighted by Crippen LogP contribution is -2.58. The number of aliphatic hydroxyl groups is 3. The summed E-state index contributed by atoms with van der Waals surface area (Å²) < 4.78 is 32.4. The zero-order chi connectivity index (χ0) is 63.3. The van der Waals surface area contributed by atoms with Crippen LogP contribution in [0.25, 0.3) is 5.57 Å². The van der Waals surface area contributed by atoms with E-state index in [1.165, 1.54) is 23.6 Å². The molecule has 9 atom stereocenters. The summed E-state index contributed by atoms with van der Waals surface area (Å²) >= 11 is 0. The Balaban J connectivity index is 1.04. The molecule has 2 aromatic rings. The van der Waals surface area contributed by atoms with Crippen LogP contribution in [0.3, 0.4) is 0 Å². The van der Waals surface area contributed by atoms with Gasteiger partial charge in [-0.3, -0.25) is 58.1 Å². The van der Waals surface area contributed by atoms with Crippen LogP contribution in [0.4, 0.5) is 4.39 Å². The van der Waals surface area contributed by atoms with E-state index in [-0.39, 0.29) is 68.0 Å². The molecule has 1 aromatic heterocycles. The summed E-state index contributed by atoms with van der Waals surface area (Å²) in [6.07, 6.45) is -4.16. The maximum absolute atomic E-state index is 14.9. The van der Waals surface area contributed by atoms with Crippen molar-refractivity contribution in [2.24, 2.45) is 11.7 Å². The number of nitrogens with zero attached hydrogens (tertiary/aromatic N) is 1. The third-order valence-electron chi connectivity index (χ3n) is 15.1. The fourth-order valence-electron chi connectivity index (χ4n) is 10.3. The summed E-state index contributed by atoms with van der Waals surface area (Å²) in [7, 11) is 0. The number of hydrogen-bond acceptors (Lipinski definition) is 19. The number of nitrogens with two attached hydrogens (primary N) is 1. The molecule has 9 amide bonds. The number of carbonyl (C=O) groups is 11. The topological polar surface area (TPSA) is 444 Å². The number of allylic oxidation sites excluding steroid dienone is 2. The first-order valence-corrected chi connectivity index (χ1v) is 27.8. The monoisotopic (exact) mass is 1210 g/mol. The van der Waals surface area contributed by atoms with Gasteiger partial charge in [0.15, 0.2) is 5.60 Å². The molecular weight excluding hydrogens is 1130 g/mol. The first-order chi connectivity index (χ1) is 40.7. The summed E-state index contributed by atoms with van der Waals surface area (Å²) in [6, 6.07) is -0.632. The highest BCUT2D eigenvalue weighted by Crippen LogP contribution is 2.40. The number of esters is 1. The van der Waals surface area contributed by atoms with Gasteiger partial charge in [-0.1, -0.05) is 26.8 Å². The van der Waals surface area contributed by atoms with Crippen LogP contribution in [0.15, 0.2) is 40.7 Å². The highest BCUT2D eigenvalue weighted by molar-refractivity contribution is 6.17. The summed E-state index contributed by atoms with van der Waals surface area (Å²) in [5.74, 6) is -8.93. The van der Waals surface area contributed by atoms with Crippen LogP contribution in [0.1, 0.15) is 99.7 Å². The number of cyclic esters (lactones) is 1. The second kappa shape index (κ2) is 29.5. The maximum Gasteiger partial charge on any atom is 0.343 e. The van der Waals surface area contributed by atoms with E-state index >= 15 is 0 Å². The lowest BCUT2D eigenvalue weighted by Gasteiger charge is -2.31. The summed E-state index contributed by atoms with van der Waals surface area (Å²) in [4.78, 5) is 153. The molecule has 1 fully saturated rings. The van der Waals surface area contributed by atoms with Crippen LogP contribution in [0.2, 0.25) is 0 Å². The number of benzene rings is 1. The molecule has 29 nitrogen and oxygen atoms in total. The van der Waals surface area contributed by atoms with Gasteiger partial charge < -0.3 is 82.4 Å². The van der Waals surface area contributed by atoms with Crippen LogP contribution in [0.5, 0.6) is 0 Å². The van der Waals surface area contributed by atoms with Gasteiger partial charge in [-0.2, -0.15) is 0 Å². The zero-order valence-electron chi connectivity index (χ0n) is 47.9. The molecule has 4 aliphatic rings. The summed E-state index contributed by atoms with van der Waals surface area (Å²) in [5.41, 5.74) is 4.97. The number of carbonyl (C=O) groups excluding carboxylic acids is 11. The molecule has 0 unspecified atom stereocenters. The van der Waals surface area contributed by atoms with E-state index in [0.717, 1.165) is 12.2 Å². The van der Waals surface area contributed by atoms with Gasteiger partial charge in [-0.05, 0) is 85.9 Å². The van der Waals surface area contributed by atoms with Gasteiger partial charge in [0.05, 0.1) is 48.6 Å². The molecule has 466 valence electrons. The summed E-state index contributed by atoms with van der Waals surface area (Å²) in [6.45, 7) is 4.93. The highest BCUT2D eigenvalue weighted by atomic mass is 19.1. The third-order valence-corrected chi connectivity index (χ3v) is 15.1. The standard InChI is InChI=1S/C56H72FN11O18/c1-6-56(83)33-18-37-47(59)31(22-68(37)54(81)32(33)23-85-55(56)82)46-30-9-11-34(57)27(4)29(30)10-12-35(46)65-45(75)24-84-25-63-51(78)28(5)64-53(80)48(26(2)3)67-52(79)36(66-43(73)15-16-60-44(74)21-62-41(71)8-7-17-69)13-14-42(72)61-20-39-50(77)49(76)38(86-39)19-40(58)70/h7-9,11,17-18,26,28,35-36,38-39,48-50,59,76-77,83H,6,10,12-16,19-25H2,1-5H3,(H2,58,70)(H,60,74)(H,61,72)(H,62,71)(H,63,78)(H,64,80)(H,65,75)(H,66,73)(H,67,79)/b8-7-,46-31+,59-47?/t28-,35-,36-,38-,39+,48-,49-,50+,56-/m0/s1. The number of rotatable bonds is 27. The maximum atomic E-state index is 14.9. The highest BCUT2D eigenvalue weighted by Gasteiger charge is 2.47. The van der Waals surface area contributed by atoms with Crippen molar-refractivity contribution in [2.45, 2.75) is 147 Å². The predicted octanol–water partition coefficient (Wildman–Crippen LogP) is -3.92. The average Bonchev–Trinajstić information content (AvgIpc) is 1.52. The number of halogens is 1. The van der Waals surface area contributed by atoms with Crippen molar-refractivity contribution in [2.75, 3.05) is 33.0 Å². The molecule has 1 aromatic carbocycles. The van der Waals surface area contributed by atoms with Gasteiger partial charge in [-0.25, -0.2) is 9.18 Å². The van der Waals surface area contributed by atoms with Crippen molar-refractivity contribution in [1.82, 2.24) is 47.1 Å². The Bertz CT molecular complexity index is 3160. The Kier molecular flexibility index (Phi) is 22.8. The molecule has 6 rings (SSSR count). The fraction of sp³-hybridized carbons (Fsp3) is 0.518.